The Hall–Kier alpha value is -3.33. The molecular weight excluding hydrogens is 306 g/mol. The molecule has 2 N–H and O–H groups in total. The van der Waals surface area contributed by atoms with Crippen LogP contribution in [0.3, 0.4) is 0 Å². The fourth-order valence-electron chi connectivity index (χ4n) is 1.92. The summed E-state index contributed by atoms with van der Waals surface area (Å²) in [7, 11) is 0. The number of carbonyl (C=O) groups is 2. The zero-order valence-corrected chi connectivity index (χ0v) is 13.0. The third-order valence-electron chi connectivity index (χ3n) is 3.06. The Bertz CT molecular complexity index is 739. The van der Waals surface area contributed by atoms with Gasteiger partial charge in [-0.3, -0.25) is 9.59 Å². The van der Waals surface area contributed by atoms with E-state index in [1.165, 1.54) is 0 Å². The van der Waals surface area contributed by atoms with Crippen LogP contribution in [0.25, 0.3) is 0 Å². The lowest BCUT2D eigenvalue weighted by molar-refractivity contribution is -0.124. The topological polar surface area (TPSA) is 91.2 Å². The minimum Gasteiger partial charge on any atom is -0.493 e. The first-order valence-corrected chi connectivity index (χ1v) is 7.42. The number of hydrogen-bond donors (Lipinski definition) is 2. The molecule has 0 radical (unpaired) electrons. The van der Waals surface area contributed by atoms with Gasteiger partial charge in [0.25, 0.3) is 0 Å². The number of amides is 2. The molecule has 0 bridgehead atoms. The van der Waals surface area contributed by atoms with Crippen LogP contribution in [0.1, 0.15) is 12.0 Å². The summed E-state index contributed by atoms with van der Waals surface area (Å²) in [5, 5.41) is 13.9. The summed E-state index contributed by atoms with van der Waals surface area (Å²) in [6, 6.07) is 17.7. The number of anilines is 1. The molecule has 0 saturated heterocycles. The summed E-state index contributed by atoms with van der Waals surface area (Å²) >= 11 is 0. The molecule has 6 heteroatoms. The van der Waals surface area contributed by atoms with Crippen LogP contribution in [0.4, 0.5) is 5.69 Å². The lowest BCUT2D eigenvalue weighted by Gasteiger charge is -2.08. The quantitative estimate of drug-likeness (QED) is 0.816. The van der Waals surface area contributed by atoms with Crippen LogP contribution in [0.15, 0.2) is 54.6 Å². The van der Waals surface area contributed by atoms with Crippen LogP contribution in [0, 0.1) is 11.3 Å². The number of nitrogens with zero attached hydrogens (tertiary/aromatic N) is 1. The fourth-order valence-corrected chi connectivity index (χ4v) is 1.92. The summed E-state index contributed by atoms with van der Waals surface area (Å²) in [5.74, 6) is 0.0645. The van der Waals surface area contributed by atoms with Crippen molar-refractivity contribution in [1.29, 1.82) is 5.26 Å². The van der Waals surface area contributed by atoms with Crippen LogP contribution in [0.5, 0.6) is 5.75 Å². The Morgan fingerprint density at radius 3 is 2.58 bits per heavy atom. The average molecular weight is 323 g/mol. The molecule has 0 aliphatic carbocycles. The van der Waals surface area contributed by atoms with Crippen molar-refractivity contribution < 1.29 is 14.3 Å². The smallest absolute Gasteiger partial charge is 0.243 e. The lowest BCUT2D eigenvalue weighted by Crippen LogP contribution is -2.33. The molecule has 2 aromatic rings. The summed E-state index contributed by atoms with van der Waals surface area (Å²) in [4.78, 5) is 23.4. The van der Waals surface area contributed by atoms with E-state index in [0.717, 1.165) is 0 Å². The number of benzene rings is 2. The van der Waals surface area contributed by atoms with Gasteiger partial charge in [0.05, 0.1) is 31.2 Å². The molecule has 0 saturated carbocycles. The highest BCUT2D eigenvalue weighted by Gasteiger charge is 2.06. The maximum Gasteiger partial charge on any atom is 0.243 e. The lowest BCUT2D eigenvalue weighted by atomic mass is 10.2. The van der Waals surface area contributed by atoms with Crippen molar-refractivity contribution in [2.45, 2.75) is 6.42 Å². The summed E-state index contributed by atoms with van der Waals surface area (Å²) in [6.45, 7) is 0.0998. The van der Waals surface area contributed by atoms with E-state index in [0.29, 0.717) is 17.0 Å². The molecule has 0 unspecified atom stereocenters. The minimum atomic E-state index is -0.359. The zero-order chi connectivity index (χ0) is 17.2. The van der Waals surface area contributed by atoms with Crippen molar-refractivity contribution in [3.63, 3.8) is 0 Å². The van der Waals surface area contributed by atoms with E-state index in [4.69, 9.17) is 10.00 Å². The van der Waals surface area contributed by atoms with Gasteiger partial charge in [0.1, 0.15) is 5.75 Å². The van der Waals surface area contributed by atoms with Gasteiger partial charge in [0.2, 0.25) is 11.8 Å². The van der Waals surface area contributed by atoms with E-state index in [1.807, 2.05) is 24.3 Å². The second-order valence-corrected chi connectivity index (χ2v) is 4.93. The number of carbonyl (C=O) groups excluding carboxylic acids is 2. The van der Waals surface area contributed by atoms with E-state index in [-0.39, 0.29) is 31.4 Å². The standard InChI is InChI=1S/C18H17N3O3/c19-12-14-5-4-6-15(11-14)21-18(23)13-20-17(22)9-10-24-16-7-2-1-3-8-16/h1-8,11H,9-10,13H2,(H,20,22)(H,21,23). The molecule has 0 aromatic heterocycles. The number of para-hydroxylation sites is 1. The van der Waals surface area contributed by atoms with Gasteiger partial charge in [0.15, 0.2) is 0 Å². The Labute approximate surface area is 140 Å². The van der Waals surface area contributed by atoms with Gasteiger partial charge in [-0.05, 0) is 30.3 Å². The summed E-state index contributed by atoms with van der Waals surface area (Å²) in [5.41, 5.74) is 0.968. The van der Waals surface area contributed by atoms with E-state index < -0.39 is 0 Å². The van der Waals surface area contributed by atoms with Gasteiger partial charge in [-0.1, -0.05) is 24.3 Å². The molecule has 2 aromatic carbocycles. The SMILES string of the molecule is N#Cc1cccc(NC(=O)CNC(=O)CCOc2ccccc2)c1. The van der Waals surface area contributed by atoms with E-state index in [9.17, 15) is 9.59 Å². The first-order chi connectivity index (χ1) is 11.7. The Balaban J connectivity index is 1.67. The molecule has 2 rings (SSSR count). The molecular formula is C18H17N3O3. The van der Waals surface area contributed by atoms with Gasteiger partial charge in [0, 0.05) is 5.69 Å². The Kier molecular flexibility index (Phi) is 6.35. The van der Waals surface area contributed by atoms with Crippen molar-refractivity contribution >= 4 is 17.5 Å². The second-order valence-electron chi connectivity index (χ2n) is 4.93. The van der Waals surface area contributed by atoms with Gasteiger partial charge in [-0.25, -0.2) is 0 Å². The van der Waals surface area contributed by atoms with Crippen molar-refractivity contribution in [1.82, 2.24) is 5.32 Å². The highest BCUT2D eigenvalue weighted by atomic mass is 16.5. The molecule has 122 valence electrons. The third-order valence-corrected chi connectivity index (χ3v) is 3.06. The van der Waals surface area contributed by atoms with E-state index in [1.54, 1.807) is 36.4 Å². The third kappa shape index (κ3) is 5.81. The molecule has 0 spiro atoms. The van der Waals surface area contributed by atoms with Gasteiger partial charge in [-0.2, -0.15) is 5.26 Å². The highest BCUT2D eigenvalue weighted by Crippen LogP contribution is 2.09. The van der Waals surface area contributed by atoms with Crippen LogP contribution in [0.2, 0.25) is 0 Å². The molecule has 0 aliphatic rings. The first kappa shape index (κ1) is 17.0. The molecule has 24 heavy (non-hydrogen) atoms. The fraction of sp³-hybridized carbons (Fsp3) is 0.167. The molecule has 0 fully saturated rings. The number of hydrogen-bond acceptors (Lipinski definition) is 4. The van der Waals surface area contributed by atoms with Crippen molar-refractivity contribution in [2.24, 2.45) is 0 Å². The normalized spacial score (nSPS) is 9.62. The van der Waals surface area contributed by atoms with Gasteiger partial charge >= 0.3 is 0 Å². The number of ether oxygens (including phenoxy) is 1. The number of nitrogens with one attached hydrogen (secondary N) is 2. The molecule has 2 amide bonds. The number of nitriles is 1. The maximum atomic E-state index is 11.8. The number of rotatable bonds is 7. The van der Waals surface area contributed by atoms with Gasteiger partial charge < -0.3 is 15.4 Å². The largest absolute Gasteiger partial charge is 0.493 e. The van der Waals surface area contributed by atoms with Gasteiger partial charge in [-0.15, -0.1) is 0 Å². The Morgan fingerprint density at radius 1 is 1.04 bits per heavy atom. The van der Waals surface area contributed by atoms with Crippen LogP contribution in [-0.4, -0.2) is 25.0 Å². The van der Waals surface area contributed by atoms with E-state index in [2.05, 4.69) is 10.6 Å². The molecule has 6 nitrogen and oxygen atoms in total. The highest BCUT2D eigenvalue weighted by molar-refractivity contribution is 5.94. The van der Waals surface area contributed by atoms with Crippen LogP contribution >= 0.6 is 0 Å². The predicted octanol–water partition coefficient (Wildman–Crippen LogP) is 2.08. The van der Waals surface area contributed by atoms with Crippen molar-refractivity contribution in [2.75, 3.05) is 18.5 Å². The zero-order valence-electron chi connectivity index (χ0n) is 13.0. The molecule has 0 heterocycles. The van der Waals surface area contributed by atoms with Crippen LogP contribution in [-0.2, 0) is 9.59 Å². The first-order valence-electron chi connectivity index (χ1n) is 7.42. The van der Waals surface area contributed by atoms with Crippen molar-refractivity contribution in [3.8, 4) is 11.8 Å². The van der Waals surface area contributed by atoms with Crippen molar-refractivity contribution in [3.05, 3.63) is 60.2 Å². The minimum absolute atomic E-state index is 0.138. The predicted molar refractivity (Wildman–Crippen MR) is 89.4 cm³/mol. The average Bonchev–Trinajstić information content (AvgIpc) is 2.61. The Morgan fingerprint density at radius 2 is 1.83 bits per heavy atom. The molecule has 0 atom stereocenters. The maximum absolute atomic E-state index is 11.8. The van der Waals surface area contributed by atoms with Crippen LogP contribution < -0.4 is 15.4 Å². The van der Waals surface area contributed by atoms with E-state index >= 15 is 0 Å². The second kappa shape index (κ2) is 8.96. The molecule has 0 aliphatic heterocycles. The summed E-state index contributed by atoms with van der Waals surface area (Å²) < 4.78 is 5.41. The summed E-state index contributed by atoms with van der Waals surface area (Å²) in [6.07, 6.45) is 0.159. The monoisotopic (exact) mass is 323 g/mol.